The van der Waals surface area contributed by atoms with Gasteiger partial charge in [0.2, 0.25) is 10.0 Å². The van der Waals surface area contributed by atoms with E-state index in [0.717, 1.165) is 22.0 Å². The van der Waals surface area contributed by atoms with Crippen molar-refractivity contribution in [2.24, 2.45) is 0 Å². The monoisotopic (exact) mass is 485 g/mol. The summed E-state index contributed by atoms with van der Waals surface area (Å²) in [4.78, 5) is 14.0. The molecule has 3 aromatic rings. The number of amides is 1. The van der Waals surface area contributed by atoms with Gasteiger partial charge >= 0.3 is 0 Å². The molecule has 0 atom stereocenters. The average molecular weight is 486 g/mol. The van der Waals surface area contributed by atoms with Crippen LogP contribution in [0.4, 0.5) is 20.2 Å². The van der Waals surface area contributed by atoms with Crippen LogP contribution in [0.5, 0.6) is 0 Å². The molecule has 0 saturated carbocycles. The number of anilines is 2. The molecule has 0 radical (unpaired) electrons. The van der Waals surface area contributed by atoms with Gasteiger partial charge in [-0.05, 0) is 48.4 Å². The minimum atomic E-state index is -4.19. The topological polar surface area (TPSA) is 69.7 Å². The van der Waals surface area contributed by atoms with Crippen LogP contribution < -0.4 is 10.2 Å². The van der Waals surface area contributed by atoms with E-state index in [4.69, 9.17) is 0 Å². The number of para-hydroxylation sites is 2. The Hall–Kier alpha value is -3.30. The molecular formula is C25H25F2N3O3S. The SMILES string of the molecule is CCc1ccccc1NC(=O)c1ccc(F)c(S(=O)(=O)N2CCN(c3ccccc3F)CC2)c1. The van der Waals surface area contributed by atoms with Crippen molar-refractivity contribution in [1.82, 2.24) is 4.31 Å². The largest absolute Gasteiger partial charge is 0.367 e. The van der Waals surface area contributed by atoms with Crippen molar-refractivity contribution < 1.29 is 22.0 Å². The lowest BCUT2D eigenvalue weighted by Gasteiger charge is -2.35. The second-order valence-electron chi connectivity index (χ2n) is 7.95. The second-order valence-corrected chi connectivity index (χ2v) is 9.86. The molecule has 3 aromatic carbocycles. The quantitative estimate of drug-likeness (QED) is 0.566. The van der Waals surface area contributed by atoms with Crippen LogP contribution in [0.15, 0.2) is 71.6 Å². The molecule has 34 heavy (non-hydrogen) atoms. The van der Waals surface area contributed by atoms with E-state index in [1.165, 1.54) is 12.1 Å². The first kappa shape index (κ1) is 23.8. The Bertz CT molecular complexity index is 1310. The summed E-state index contributed by atoms with van der Waals surface area (Å²) in [6.07, 6.45) is 0.707. The molecule has 0 bridgehead atoms. The summed E-state index contributed by atoms with van der Waals surface area (Å²) in [6.45, 7) is 2.61. The summed E-state index contributed by atoms with van der Waals surface area (Å²) < 4.78 is 56.3. The number of nitrogens with zero attached hydrogens (tertiary/aromatic N) is 2. The Morgan fingerprint density at radius 3 is 2.29 bits per heavy atom. The molecule has 0 aliphatic carbocycles. The first-order chi connectivity index (χ1) is 16.3. The Morgan fingerprint density at radius 1 is 0.912 bits per heavy atom. The molecule has 1 fully saturated rings. The summed E-state index contributed by atoms with van der Waals surface area (Å²) >= 11 is 0. The zero-order chi connectivity index (χ0) is 24.3. The van der Waals surface area contributed by atoms with Crippen molar-refractivity contribution in [1.29, 1.82) is 0 Å². The van der Waals surface area contributed by atoms with Crippen molar-refractivity contribution in [3.05, 3.63) is 89.5 Å². The van der Waals surface area contributed by atoms with Gasteiger partial charge in [-0.25, -0.2) is 17.2 Å². The third-order valence-electron chi connectivity index (χ3n) is 5.89. The first-order valence-corrected chi connectivity index (χ1v) is 12.4. The summed E-state index contributed by atoms with van der Waals surface area (Å²) in [6, 6.07) is 16.9. The maximum absolute atomic E-state index is 14.6. The van der Waals surface area contributed by atoms with E-state index < -0.39 is 26.6 Å². The normalized spacial score (nSPS) is 14.7. The Balaban J connectivity index is 1.53. The molecular weight excluding hydrogens is 460 g/mol. The van der Waals surface area contributed by atoms with Gasteiger partial charge < -0.3 is 10.2 Å². The molecule has 1 aliphatic heterocycles. The van der Waals surface area contributed by atoms with Crippen LogP contribution in [-0.4, -0.2) is 44.8 Å². The highest BCUT2D eigenvalue weighted by Gasteiger charge is 2.32. The van der Waals surface area contributed by atoms with Crippen LogP contribution in [0.25, 0.3) is 0 Å². The van der Waals surface area contributed by atoms with Gasteiger partial charge in [0.1, 0.15) is 16.5 Å². The van der Waals surface area contributed by atoms with Crippen LogP contribution in [0.3, 0.4) is 0 Å². The Kier molecular flexibility index (Phi) is 6.95. The molecule has 1 amide bonds. The van der Waals surface area contributed by atoms with Crippen LogP contribution in [0.2, 0.25) is 0 Å². The zero-order valence-corrected chi connectivity index (χ0v) is 19.5. The van der Waals surface area contributed by atoms with Gasteiger partial charge in [0.25, 0.3) is 5.91 Å². The molecule has 4 rings (SSSR count). The first-order valence-electron chi connectivity index (χ1n) is 11.0. The van der Waals surface area contributed by atoms with E-state index in [0.29, 0.717) is 17.8 Å². The van der Waals surface area contributed by atoms with Gasteiger partial charge in [0.15, 0.2) is 0 Å². The lowest BCUT2D eigenvalue weighted by Crippen LogP contribution is -2.49. The van der Waals surface area contributed by atoms with Gasteiger partial charge in [0, 0.05) is 37.4 Å². The standard InChI is InChI=1S/C25H25F2N3O3S/c1-2-18-7-3-5-9-22(18)28-25(31)19-11-12-21(27)24(17-19)34(32,33)30-15-13-29(14-16-30)23-10-6-4-8-20(23)26/h3-12,17H,2,13-16H2,1H3,(H,28,31). The number of piperazine rings is 1. The van der Waals surface area contributed by atoms with E-state index >= 15 is 0 Å². The molecule has 1 heterocycles. The Labute approximate surface area is 197 Å². The highest BCUT2D eigenvalue weighted by atomic mass is 32.2. The van der Waals surface area contributed by atoms with E-state index in [-0.39, 0.29) is 37.6 Å². The minimum Gasteiger partial charge on any atom is -0.367 e. The molecule has 9 heteroatoms. The van der Waals surface area contributed by atoms with Crippen LogP contribution in [-0.2, 0) is 16.4 Å². The van der Waals surface area contributed by atoms with E-state index in [1.54, 1.807) is 35.2 Å². The molecule has 0 unspecified atom stereocenters. The average Bonchev–Trinajstić information content (AvgIpc) is 2.85. The number of carbonyl (C=O) groups is 1. The number of nitrogens with one attached hydrogen (secondary N) is 1. The zero-order valence-electron chi connectivity index (χ0n) is 18.7. The predicted octanol–water partition coefficient (Wildman–Crippen LogP) is 4.29. The van der Waals surface area contributed by atoms with Crippen LogP contribution in [0, 0.1) is 11.6 Å². The fourth-order valence-corrected chi connectivity index (χ4v) is 5.52. The van der Waals surface area contributed by atoms with Crippen molar-refractivity contribution in [3.63, 3.8) is 0 Å². The summed E-state index contributed by atoms with van der Waals surface area (Å²) in [5, 5.41) is 2.77. The van der Waals surface area contributed by atoms with Crippen molar-refractivity contribution >= 4 is 27.3 Å². The van der Waals surface area contributed by atoms with Crippen molar-refractivity contribution in [2.75, 3.05) is 36.4 Å². The smallest absolute Gasteiger partial charge is 0.255 e. The number of halogens is 2. The third-order valence-corrected chi connectivity index (χ3v) is 7.80. The lowest BCUT2D eigenvalue weighted by molar-refractivity contribution is 0.102. The van der Waals surface area contributed by atoms with E-state index in [1.807, 2.05) is 19.1 Å². The minimum absolute atomic E-state index is 0.0378. The summed E-state index contributed by atoms with van der Waals surface area (Å²) in [5.74, 6) is -1.84. The van der Waals surface area contributed by atoms with Gasteiger partial charge in [-0.2, -0.15) is 4.31 Å². The molecule has 1 aliphatic rings. The maximum Gasteiger partial charge on any atom is 0.255 e. The van der Waals surface area contributed by atoms with Crippen LogP contribution in [0.1, 0.15) is 22.8 Å². The lowest BCUT2D eigenvalue weighted by atomic mass is 10.1. The molecule has 1 N–H and O–H groups in total. The predicted molar refractivity (Wildman–Crippen MR) is 128 cm³/mol. The number of carbonyl (C=O) groups excluding carboxylic acids is 1. The highest BCUT2D eigenvalue weighted by Crippen LogP contribution is 2.26. The number of hydrogen-bond acceptors (Lipinski definition) is 4. The van der Waals surface area contributed by atoms with Crippen molar-refractivity contribution in [2.45, 2.75) is 18.2 Å². The molecule has 1 saturated heterocycles. The van der Waals surface area contributed by atoms with Gasteiger partial charge in [0.05, 0.1) is 5.69 Å². The fourth-order valence-electron chi connectivity index (χ4n) is 4.00. The van der Waals surface area contributed by atoms with Crippen molar-refractivity contribution in [3.8, 4) is 0 Å². The molecule has 6 nitrogen and oxygen atoms in total. The number of aryl methyl sites for hydroxylation is 1. The van der Waals surface area contributed by atoms with Gasteiger partial charge in [-0.15, -0.1) is 0 Å². The van der Waals surface area contributed by atoms with Gasteiger partial charge in [-0.1, -0.05) is 37.3 Å². The second kappa shape index (κ2) is 9.90. The maximum atomic E-state index is 14.6. The van der Waals surface area contributed by atoms with E-state index in [2.05, 4.69) is 5.32 Å². The van der Waals surface area contributed by atoms with Crippen LogP contribution >= 0.6 is 0 Å². The highest BCUT2D eigenvalue weighted by molar-refractivity contribution is 7.89. The molecule has 0 spiro atoms. The number of rotatable bonds is 6. The Morgan fingerprint density at radius 2 is 1.59 bits per heavy atom. The number of benzene rings is 3. The molecule has 0 aromatic heterocycles. The fraction of sp³-hybridized carbons (Fsp3) is 0.240. The number of sulfonamides is 1. The molecule has 178 valence electrons. The summed E-state index contributed by atoms with van der Waals surface area (Å²) in [5.41, 5.74) is 1.99. The van der Waals surface area contributed by atoms with E-state index in [9.17, 15) is 22.0 Å². The third kappa shape index (κ3) is 4.80. The number of hydrogen-bond donors (Lipinski definition) is 1. The van der Waals surface area contributed by atoms with Gasteiger partial charge in [-0.3, -0.25) is 4.79 Å². The summed E-state index contributed by atoms with van der Waals surface area (Å²) in [7, 11) is -4.19.